The van der Waals surface area contributed by atoms with Crippen LogP contribution in [0, 0.1) is 10.1 Å². The molecule has 33 heavy (non-hydrogen) atoms. The number of hydrogen-bond acceptors (Lipinski definition) is 6. The molecule has 0 radical (unpaired) electrons. The lowest BCUT2D eigenvalue weighted by atomic mass is 9.95. The van der Waals surface area contributed by atoms with Crippen molar-refractivity contribution in [1.29, 1.82) is 0 Å². The fourth-order valence-corrected chi connectivity index (χ4v) is 3.85. The number of nitrogens with zero attached hydrogens (tertiary/aromatic N) is 2. The lowest BCUT2D eigenvalue weighted by Crippen LogP contribution is -2.29. The Hall–Kier alpha value is -4.46. The third-order valence-electron chi connectivity index (χ3n) is 5.52. The largest absolute Gasteiger partial charge is 0.507 e. The molecule has 1 aliphatic rings. The van der Waals surface area contributed by atoms with Crippen molar-refractivity contribution < 1.29 is 24.4 Å². The Balaban J connectivity index is 1.79. The molecule has 0 aliphatic carbocycles. The van der Waals surface area contributed by atoms with Gasteiger partial charge < -0.3 is 14.7 Å². The third kappa shape index (κ3) is 4.18. The number of carbonyl (C=O) groups excluding carboxylic acids is 2. The number of rotatable bonds is 6. The van der Waals surface area contributed by atoms with E-state index in [1.807, 2.05) is 6.07 Å². The highest BCUT2D eigenvalue weighted by molar-refractivity contribution is 6.46. The minimum atomic E-state index is -0.816. The van der Waals surface area contributed by atoms with Crippen LogP contribution in [0.5, 0.6) is 5.75 Å². The number of benzene rings is 3. The van der Waals surface area contributed by atoms with Crippen LogP contribution >= 0.6 is 0 Å². The molecule has 1 heterocycles. The summed E-state index contributed by atoms with van der Waals surface area (Å²) in [5.41, 5.74) is 1.45. The normalized spacial score (nSPS) is 17.2. The molecule has 1 amide bonds. The van der Waals surface area contributed by atoms with Gasteiger partial charge in [0.15, 0.2) is 0 Å². The highest BCUT2D eigenvalue weighted by Gasteiger charge is 2.46. The van der Waals surface area contributed by atoms with Crippen molar-refractivity contribution >= 4 is 23.1 Å². The van der Waals surface area contributed by atoms with Gasteiger partial charge in [0, 0.05) is 24.2 Å². The van der Waals surface area contributed by atoms with Crippen LogP contribution in [0.1, 0.15) is 22.7 Å². The first-order chi connectivity index (χ1) is 15.9. The second-order valence-electron chi connectivity index (χ2n) is 7.49. The highest BCUT2D eigenvalue weighted by Crippen LogP contribution is 2.40. The van der Waals surface area contributed by atoms with E-state index in [9.17, 15) is 24.8 Å². The number of carbonyl (C=O) groups is 2. The first-order valence-corrected chi connectivity index (χ1v) is 10.1. The van der Waals surface area contributed by atoms with Crippen molar-refractivity contribution in [3.8, 4) is 5.75 Å². The molecule has 8 nitrogen and oxygen atoms in total. The van der Waals surface area contributed by atoms with E-state index in [2.05, 4.69) is 0 Å². The standard InChI is InChI=1S/C25H20N2O6/c1-33-20-13-7-16(8-14-20)15-26-22(17-5-3-2-4-6-17)21(24(29)25(26)30)23(28)18-9-11-19(12-10-18)27(31)32/h2-14,22,28H,15H2,1H3/b23-21-. The van der Waals surface area contributed by atoms with Gasteiger partial charge in [0.25, 0.3) is 17.4 Å². The van der Waals surface area contributed by atoms with Gasteiger partial charge in [0.1, 0.15) is 11.5 Å². The first kappa shape index (κ1) is 21.8. The van der Waals surface area contributed by atoms with E-state index in [-0.39, 0.29) is 29.1 Å². The van der Waals surface area contributed by atoms with Gasteiger partial charge in [-0.05, 0) is 35.4 Å². The number of methoxy groups -OCH3 is 1. The molecule has 3 aromatic carbocycles. The van der Waals surface area contributed by atoms with E-state index in [4.69, 9.17) is 4.74 Å². The predicted molar refractivity (Wildman–Crippen MR) is 120 cm³/mol. The van der Waals surface area contributed by atoms with Gasteiger partial charge in [0.05, 0.1) is 23.6 Å². The number of amides is 1. The maximum absolute atomic E-state index is 13.0. The molecule has 0 bridgehead atoms. The minimum Gasteiger partial charge on any atom is -0.507 e. The van der Waals surface area contributed by atoms with Crippen molar-refractivity contribution in [2.24, 2.45) is 0 Å². The minimum absolute atomic E-state index is 0.0615. The molecule has 1 fully saturated rings. The van der Waals surface area contributed by atoms with Crippen LogP contribution in [0.15, 0.2) is 84.4 Å². The second kappa shape index (κ2) is 8.96. The molecule has 1 atom stereocenters. The molecule has 0 spiro atoms. The fourth-order valence-electron chi connectivity index (χ4n) is 3.85. The van der Waals surface area contributed by atoms with Gasteiger partial charge >= 0.3 is 0 Å². The molecule has 166 valence electrons. The van der Waals surface area contributed by atoms with Crippen LogP contribution in [-0.4, -0.2) is 33.7 Å². The Labute approximate surface area is 189 Å². The van der Waals surface area contributed by atoms with E-state index in [1.165, 1.54) is 29.2 Å². The molecule has 0 saturated carbocycles. The third-order valence-corrected chi connectivity index (χ3v) is 5.52. The van der Waals surface area contributed by atoms with Gasteiger partial charge in [-0.25, -0.2) is 0 Å². The molecular formula is C25H20N2O6. The Morgan fingerprint density at radius 1 is 1.00 bits per heavy atom. The Morgan fingerprint density at radius 3 is 2.21 bits per heavy atom. The number of aliphatic hydroxyl groups excluding tert-OH is 1. The van der Waals surface area contributed by atoms with E-state index in [1.54, 1.807) is 55.6 Å². The Kier molecular flexibility index (Phi) is 5.91. The lowest BCUT2D eigenvalue weighted by Gasteiger charge is -2.25. The molecule has 1 saturated heterocycles. The summed E-state index contributed by atoms with van der Waals surface area (Å²) in [6.07, 6.45) is 0. The van der Waals surface area contributed by atoms with E-state index in [0.29, 0.717) is 11.3 Å². The summed E-state index contributed by atoms with van der Waals surface area (Å²) >= 11 is 0. The summed E-state index contributed by atoms with van der Waals surface area (Å²) < 4.78 is 5.17. The maximum Gasteiger partial charge on any atom is 0.295 e. The van der Waals surface area contributed by atoms with Crippen LogP contribution < -0.4 is 4.74 Å². The van der Waals surface area contributed by atoms with Crippen LogP contribution in [0.3, 0.4) is 0 Å². The average Bonchev–Trinajstić information content (AvgIpc) is 3.09. The van der Waals surface area contributed by atoms with Crippen molar-refractivity contribution in [1.82, 2.24) is 4.90 Å². The Bertz CT molecular complexity index is 1230. The van der Waals surface area contributed by atoms with Gasteiger partial charge in [-0.1, -0.05) is 42.5 Å². The average molecular weight is 444 g/mol. The Morgan fingerprint density at radius 2 is 1.64 bits per heavy atom. The maximum atomic E-state index is 13.0. The molecule has 1 aliphatic heterocycles. The summed E-state index contributed by atoms with van der Waals surface area (Å²) in [5, 5.41) is 22.0. The fraction of sp³-hybridized carbons (Fsp3) is 0.120. The molecule has 3 aromatic rings. The van der Waals surface area contributed by atoms with Crippen molar-refractivity contribution in [3.63, 3.8) is 0 Å². The van der Waals surface area contributed by atoms with E-state index in [0.717, 1.165) is 5.56 Å². The number of Topliss-reactive ketones (excluding diaryl/α,β-unsaturated/α-hetero) is 1. The summed E-state index contributed by atoms with van der Waals surface area (Å²) in [7, 11) is 1.56. The zero-order valence-electron chi connectivity index (χ0n) is 17.7. The quantitative estimate of drug-likeness (QED) is 0.200. The van der Waals surface area contributed by atoms with Gasteiger partial charge in [-0.15, -0.1) is 0 Å². The van der Waals surface area contributed by atoms with Crippen molar-refractivity contribution in [3.05, 3.63) is 111 Å². The summed E-state index contributed by atoms with van der Waals surface area (Å²) in [6, 6.07) is 20.4. The highest BCUT2D eigenvalue weighted by atomic mass is 16.6. The number of ether oxygens (including phenoxy) is 1. The zero-order chi connectivity index (χ0) is 23.5. The SMILES string of the molecule is COc1ccc(CN2C(=O)C(=O)/C(=C(\O)c3ccc([N+](=O)[O-])cc3)C2c2ccccc2)cc1. The number of aliphatic hydroxyl groups is 1. The second-order valence-corrected chi connectivity index (χ2v) is 7.49. The first-order valence-electron chi connectivity index (χ1n) is 10.1. The number of nitro benzene ring substituents is 1. The van der Waals surface area contributed by atoms with E-state index < -0.39 is 22.7 Å². The number of ketones is 1. The van der Waals surface area contributed by atoms with Crippen LogP contribution in [-0.2, 0) is 16.1 Å². The molecule has 4 rings (SSSR count). The van der Waals surface area contributed by atoms with Gasteiger partial charge in [0.2, 0.25) is 0 Å². The summed E-state index contributed by atoms with van der Waals surface area (Å²) in [5.74, 6) is -1.26. The number of nitro groups is 1. The van der Waals surface area contributed by atoms with Gasteiger partial charge in [-0.3, -0.25) is 19.7 Å². The lowest BCUT2D eigenvalue weighted by molar-refractivity contribution is -0.384. The van der Waals surface area contributed by atoms with Crippen LogP contribution in [0.4, 0.5) is 5.69 Å². The zero-order valence-corrected chi connectivity index (χ0v) is 17.7. The molecule has 0 aromatic heterocycles. The van der Waals surface area contributed by atoms with Crippen LogP contribution in [0.25, 0.3) is 5.76 Å². The topological polar surface area (TPSA) is 110 Å². The van der Waals surface area contributed by atoms with Crippen molar-refractivity contribution in [2.75, 3.05) is 7.11 Å². The molecule has 1 N–H and O–H groups in total. The molecular weight excluding hydrogens is 424 g/mol. The number of hydrogen-bond donors (Lipinski definition) is 1. The van der Waals surface area contributed by atoms with E-state index >= 15 is 0 Å². The van der Waals surface area contributed by atoms with Gasteiger partial charge in [-0.2, -0.15) is 0 Å². The molecule has 8 heteroatoms. The van der Waals surface area contributed by atoms with Crippen molar-refractivity contribution in [2.45, 2.75) is 12.6 Å². The number of non-ortho nitro benzene ring substituents is 1. The summed E-state index contributed by atoms with van der Waals surface area (Å²) in [4.78, 5) is 37.9. The number of likely N-dealkylation sites (tertiary alicyclic amines) is 1. The van der Waals surface area contributed by atoms with Crippen LogP contribution in [0.2, 0.25) is 0 Å². The summed E-state index contributed by atoms with van der Waals surface area (Å²) in [6.45, 7) is 0.144. The monoisotopic (exact) mass is 444 g/mol. The predicted octanol–water partition coefficient (Wildman–Crippen LogP) is 4.23. The molecule has 1 unspecified atom stereocenters. The smallest absolute Gasteiger partial charge is 0.295 e.